The number of carbonyl (C=O) groups excluding carboxylic acids is 1. The molecule has 3 aromatic carbocycles. The average molecular weight is 394 g/mol. The van der Waals surface area contributed by atoms with Crippen LogP contribution in [0.2, 0.25) is 0 Å². The number of aromatic amines is 1. The van der Waals surface area contributed by atoms with Gasteiger partial charge in [0.15, 0.2) is 5.69 Å². The van der Waals surface area contributed by atoms with Crippen LogP contribution in [0.1, 0.15) is 21.9 Å². The number of nitrogens with one attached hydrogen (secondary N) is 1. The van der Waals surface area contributed by atoms with E-state index in [0.29, 0.717) is 10.9 Å². The Balaban J connectivity index is 1.58. The fraction of sp³-hybridized carbons (Fsp3) is 0.0435. The number of carbonyl (C=O) groups is 1. The predicted octanol–water partition coefficient (Wildman–Crippen LogP) is 3.45. The van der Waals surface area contributed by atoms with Gasteiger partial charge in [0, 0.05) is 17.4 Å². The molecule has 146 valence electrons. The van der Waals surface area contributed by atoms with E-state index in [0.717, 1.165) is 34.4 Å². The fourth-order valence-corrected chi connectivity index (χ4v) is 3.67. The molecular weight excluding hydrogens is 376 g/mol. The van der Waals surface area contributed by atoms with Gasteiger partial charge in [0.25, 0.3) is 5.91 Å². The third-order valence-electron chi connectivity index (χ3n) is 5.12. The molecule has 5 aromatic rings. The number of primary amides is 1. The molecule has 5 N–H and O–H groups in total. The summed E-state index contributed by atoms with van der Waals surface area (Å²) in [7, 11) is 0. The molecule has 2 aromatic heterocycles. The molecule has 0 atom stereocenters. The Morgan fingerprint density at radius 3 is 2.60 bits per heavy atom. The maximum atomic E-state index is 11.5. The molecule has 1 amide bonds. The largest absolute Gasteiger partial charge is 0.396 e. The van der Waals surface area contributed by atoms with Gasteiger partial charge in [-0.3, -0.25) is 4.79 Å². The van der Waals surface area contributed by atoms with Gasteiger partial charge < -0.3 is 16.5 Å². The van der Waals surface area contributed by atoms with Gasteiger partial charge >= 0.3 is 0 Å². The molecule has 0 unspecified atom stereocenters. The number of nitrogens with zero attached hydrogens (tertiary/aromatic N) is 3. The zero-order valence-electron chi connectivity index (χ0n) is 16.0. The Morgan fingerprint density at radius 2 is 1.80 bits per heavy atom. The lowest BCUT2D eigenvalue weighted by molar-refractivity contribution is 0.0996. The van der Waals surface area contributed by atoms with Gasteiger partial charge in [0.05, 0.1) is 16.7 Å². The molecule has 0 aliphatic rings. The molecule has 5 rings (SSSR count). The number of H-pyrrole nitrogens is 1. The van der Waals surface area contributed by atoms with Crippen LogP contribution in [0.25, 0.3) is 33.1 Å². The summed E-state index contributed by atoms with van der Waals surface area (Å²) in [6.45, 7) is 0. The third-order valence-corrected chi connectivity index (χ3v) is 5.12. The molecule has 0 aliphatic carbocycles. The van der Waals surface area contributed by atoms with Crippen molar-refractivity contribution in [1.29, 1.82) is 0 Å². The first-order valence-electron chi connectivity index (χ1n) is 9.48. The molecule has 0 spiro atoms. The van der Waals surface area contributed by atoms with Gasteiger partial charge in [0.2, 0.25) is 0 Å². The molecule has 0 bridgehead atoms. The van der Waals surface area contributed by atoms with E-state index in [1.54, 1.807) is 0 Å². The van der Waals surface area contributed by atoms with Crippen molar-refractivity contribution in [2.75, 3.05) is 5.73 Å². The summed E-state index contributed by atoms with van der Waals surface area (Å²) in [6, 6.07) is 21.8. The van der Waals surface area contributed by atoms with Crippen molar-refractivity contribution in [2.45, 2.75) is 6.42 Å². The Hall–Kier alpha value is -4.26. The minimum Gasteiger partial charge on any atom is -0.396 e. The van der Waals surface area contributed by atoms with E-state index in [9.17, 15) is 4.79 Å². The molecular formula is C23H18N6O. The molecule has 0 saturated carbocycles. The highest BCUT2D eigenvalue weighted by Crippen LogP contribution is 2.32. The first-order valence-corrected chi connectivity index (χ1v) is 9.48. The number of amides is 1. The SMILES string of the molecule is NC(=O)c1nnc2c(-c3ccc4nc(Cc5ccccc5)[nH]c4c3)cccc2c1N. The highest BCUT2D eigenvalue weighted by molar-refractivity contribution is 6.07. The fourth-order valence-electron chi connectivity index (χ4n) is 3.67. The van der Waals surface area contributed by atoms with E-state index in [1.807, 2.05) is 54.6 Å². The maximum Gasteiger partial charge on any atom is 0.271 e. The second-order valence-corrected chi connectivity index (χ2v) is 7.11. The quantitative estimate of drug-likeness (QED) is 0.431. The van der Waals surface area contributed by atoms with Crippen LogP contribution in [-0.4, -0.2) is 26.1 Å². The van der Waals surface area contributed by atoms with E-state index in [-0.39, 0.29) is 11.4 Å². The third kappa shape index (κ3) is 3.02. The van der Waals surface area contributed by atoms with Gasteiger partial charge in [-0.1, -0.05) is 54.6 Å². The van der Waals surface area contributed by atoms with Crippen LogP contribution < -0.4 is 11.5 Å². The van der Waals surface area contributed by atoms with Gasteiger partial charge in [-0.25, -0.2) is 4.98 Å². The topological polar surface area (TPSA) is 124 Å². The summed E-state index contributed by atoms with van der Waals surface area (Å²) >= 11 is 0. The lowest BCUT2D eigenvalue weighted by atomic mass is 10.0. The molecule has 0 aliphatic heterocycles. The minimum absolute atomic E-state index is 0.0192. The average Bonchev–Trinajstić information content (AvgIpc) is 3.15. The number of hydrogen-bond donors (Lipinski definition) is 3. The molecule has 0 radical (unpaired) electrons. The number of aromatic nitrogens is 4. The van der Waals surface area contributed by atoms with E-state index in [4.69, 9.17) is 16.5 Å². The summed E-state index contributed by atoms with van der Waals surface area (Å²) in [4.78, 5) is 19.6. The Labute approximate surface area is 171 Å². The zero-order valence-corrected chi connectivity index (χ0v) is 16.0. The zero-order chi connectivity index (χ0) is 20.7. The van der Waals surface area contributed by atoms with Gasteiger partial charge in [-0.15, -0.1) is 10.2 Å². The normalized spacial score (nSPS) is 11.2. The number of anilines is 1. The summed E-state index contributed by atoms with van der Waals surface area (Å²) in [5.41, 5.74) is 17.1. The van der Waals surface area contributed by atoms with Gasteiger partial charge in [-0.05, 0) is 23.3 Å². The smallest absolute Gasteiger partial charge is 0.271 e. The van der Waals surface area contributed by atoms with Crippen LogP contribution in [0.4, 0.5) is 5.69 Å². The van der Waals surface area contributed by atoms with Crippen LogP contribution >= 0.6 is 0 Å². The lowest BCUT2D eigenvalue weighted by Crippen LogP contribution is -2.16. The van der Waals surface area contributed by atoms with Crippen molar-refractivity contribution >= 4 is 33.5 Å². The molecule has 30 heavy (non-hydrogen) atoms. The highest BCUT2D eigenvalue weighted by atomic mass is 16.1. The minimum atomic E-state index is -0.697. The van der Waals surface area contributed by atoms with Crippen LogP contribution in [0, 0.1) is 0 Å². The number of hydrogen-bond acceptors (Lipinski definition) is 5. The number of imidazole rings is 1. The Bertz CT molecular complexity index is 1410. The van der Waals surface area contributed by atoms with Crippen LogP contribution in [-0.2, 0) is 6.42 Å². The van der Waals surface area contributed by atoms with Crippen molar-refractivity contribution in [1.82, 2.24) is 20.2 Å². The van der Waals surface area contributed by atoms with Crippen molar-refractivity contribution in [3.8, 4) is 11.1 Å². The first-order chi connectivity index (χ1) is 14.6. The monoisotopic (exact) mass is 394 g/mol. The number of benzene rings is 3. The van der Waals surface area contributed by atoms with Gasteiger partial charge in [-0.2, -0.15) is 0 Å². The standard InChI is InChI=1S/C23H18N6O/c24-20-16-8-4-7-15(21(16)28-29-22(20)23(25)30)14-9-10-17-18(12-14)27-19(26-17)11-13-5-2-1-3-6-13/h1-10,12H,11H2,(H2,24,28)(H2,25,30)(H,26,27). The first kappa shape index (κ1) is 17.8. The summed E-state index contributed by atoms with van der Waals surface area (Å²) in [5.74, 6) is 0.207. The van der Waals surface area contributed by atoms with Crippen LogP contribution in [0.3, 0.4) is 0 Å². The number of fused-ring (bicyclic) bond motifs is 2. The highest BCUT2D eigenvalue weighted by Gasteiger charge is 2.15. The van der Waals surface area contributed by atoms with E-state index in [2.05, 4.69) is 27.3 Å². The summed E-state index contributed by atoms with van der Waals surface area (Å²) in [6.07, 6.45) is 0.733. The lowest BCUT2D eigenvalue weighted by Gasteiger charge is -2.09. The second-order valence-electron chi connectivity index (χ2n) is 7.11. The molecule has 0 saturated heterocycles. The van der Waals surface area contributed by atoms with E-state index < -0.39 is 5.91 Å². The summed E-state index contributed by atoms with van der Waals surface area (Å²) < 4.78 is 0. The maximum absolute atomic E-state index is 11.5. The Kier molecular flexibility index (Phi) is 4.14. The second kappa shape index (κ2) is 6.97. The van der Waals surface area contributed by atoms with Crippen LogP contribution in [0.5, 0.6) is 0 Å². The van der Waals surface area contributed by atoms with Crippen molar-refractivity contribution in [2.24, 2.45) is 5.73 Å². The van der Waals surface area contributed by atoms with Crippen molar-refractivity contribution in [3.63, 3.8) is 0 Å². The number of rotatable bonds is 4. The van der Waals surface area contributed by atoms with Crippen LogP contribution in [0.15, 0.2) is 66.7 Å². The molecule has 7 heteroatoms. The molecule has 2 heterocycles. The van der Waals surface area contributed by atoms with Gasteiger partial charge in [0.1, 0.15) is 11.3 Å². The molecule has 0 fully saturated rings. The van der Waals surface area contributed by atoms with Crippen molar-refractivity contribution < 1.29 is 4.79 Å². The number of nitrogens with two attached hydrogens (primary N) is 2. The van der Waals surface area contributed by atoms with Crippen molar-refractivity contribution in [3.05, 3.63) is 83.8 Å². The summed E-state index contributed by atoms with van der Waals surface area (Å²) in [5, 5.41) is 8.80. The number of nitrogen functional groups attached to an aromatic ring is 1. The van der Waals surface area contributed by atoms with E-state index >= 15 is 0 Å². The predicted molar refractivity (Wildman–Crippen MR) is 117 cm³/mol. The Morgan fingerprint density at radius 1 is 0.967 bits per heavy atom. The molecule has 7 nitrogen and oxygen atoms in total. The van der Waals surface area contributed by atoms with E-state index in [1.165, 1.54) is 5.56 Å².